The SMILES string of the molecule is CC1(C)C2C=CC=CC2C2C=CC(Br)=CC21. The molecule has 84 valence electrons. The van der Waals surface area contributed by atoms with E-state index in [1.54, 1.807) is 0 Å². The Morgan fingerprint density at radius 3 is 2.50 bits per heavy atom. The van der Waals surface area contributed by atoms with Gasteiger partial charge in [-0.25, -0.2) is 0 Å². The Morgan fingerprint density at radius 1 is 1.00 bits per heavy atom. The summed E-state index contributed by atoms with van der Waals surface area (Å²) in [4.78, 5) is 0. The van der Waals surface area contributed by atoms with Crippen molar-refractivity contribution in [2.45, 2.75) is 13.8 Å². The van der Waals surface area contributed by atoms with E-state index in [1.807, 2.05) is 0 Å². The molecule has 0 aromatic heterocycles. The fourth-order valence-corrected chi connectivity index (χ4v) is 4.14. The first-order valence-electron chi connectivity index (χ1n) is 6.01. The predicted octanol–water partition coefficient (Wildman–Crippen LogP) is 4.47. The largest absolute Gasteiger partial charge is 0.0803 e. The van der Waals surface area contributed by atoms with Crippen LogP contribution in [-0.2, 0) is 0 Å². The molecule has 0 aliphatic heterocycles. The third-order valence-electron chi connectivity index (χ3n) is 4.57. The van der Waals surface area contributed by atoms with Gasteiger partial charge in [-0.3, -0.25) is 0 Å². The van der Waals surface area contributed by atoms with Crippen LogP contribution in [0.3, 0.4) is 0 Å². The van der Waals surface area contributed by atoms with Crippen LogP contribution >= 0.6 is 15.9 Å². The third-order valence-corrected chi connectivity index (χ3v) is 5.10. The van der Waals surface area contributed by atoms with E-state index in [0.29, 0.717) is 29.1 Å². The highest BCUT2D eigenvalue weighted by molar-refractivity contribution is 9.11. The van der Waals surface area contributed by atoms with Gasteiger partial charge in [-0.05, 0) is 29.1 Å². The van der Waals surface area contributed by atoms with E-state index in [9.17, 15) is 0 Å². The fourth-order valence-electron chi connectivity index (χ4n) is 3.70. The molecule has 4 unspecified atom stereocenters. The molecular formula is C15H17Br. The number of halogens is 1. The van der Waals surface area contributed by atoms with Gasteiger partial charge in [0.2, 0.25) is 0 Å². The Labute approximate surface area is 106 Å². The van der Waals surface area contributed by atoms with Crippen LogP contribution in [0.1, 0.15) is 13.8 Å². The molecule has 1 saturated carbocycles. The molecule has 0 heterocycles. The molecule has 16 heavy (non-hydrogen) atoms. The average Bonchev–Trinajstić information content (AvgIpc) is 2.49. The summed E-state index contributed by atoms with van der Waals surface area (Å²) in [6, 6.07) is 0. The highest BCUT2D eigenvalue weighted by Gasteiger charge is 2.52. The minimum Gasteiger partial charge on any atom is -0.0803 e. The second-order valence-corrected chi connectivity index (χ2v) is 6.62. The maximum absolute atomic E-state index is 3.61. The van der Waals surface area contributed by atoms with Crippen LogP contribution in [0, 0.1) is 29.1 Å². The van der Waals surface area contributed by atoms with Gasteiger partial charge in [0, 0.05) is 4.48 Å². The number of rotatable bonds is 0. The topological polar surface area (TPSA) is 0 Å². The van der Waals surface area contributed by atoms with Crippen LogP contribution in [0.4, 0.5) is 0 Å². The normalized spacial score (nSPS) is 42.8. The lowest BCUT2D eigenvalue weighted by molar-refractivity contribution is 0.238. The summed E-state index contributed by atoms with van der Waals surface area (Å²) in [5.74, 6) is 2.72. The summed E-state index contributed by atoms with van der Waals surface area (Å²) in [5, 5.41) is 0. The molecule has 0 aromatic carbocycles. The van der Waals surface area contributed by atoms with Crippen molar-refractivity contribution < 1.29 is 0 Å². The van der Waals surface area contributed by atoms with Gasteiger partial charge in [0.05, 0.1) is 0 Å². The Bertz CT molecular complexity index is 423. The summed E-state index contributed by atoms with van der Waals surface area (Å²) in [6.07, 6.45) is 16.2. The lowest BCUT2D eigenvalue weighted by Crippen LogP contribution is -2.25. The maximum atomic E-state index is 3.61. The van der Waals surface area contributed by atoms with Crippen molar-refractivity contribution in [2.75, 3.05) is 0 Å². The molecule has 1 heteroatoms. The Kier molecular flexibility index (Phi) is 2.29. The zero-order valence-corrected chi connectivity index (χ0v) is 11.3. The highest BCUT2D eigenvalue weighted by atomic mass is 79.9. The predicted molar refractivity (Wildman–Crippen MR) is 72.2 cm³/mol. The first-order chi connectivity index (χ1) is 7.60. The molecular weight excluding hydrogens is 260 g/mol. The molecule has 1 fully saturated rings. The van der Waals surface area contributed by atoms with Gasteiger partial charge in [0.15, 0.2) is 0 Å². The zero-order chi connectivity index (χ0) is 11.3. The van der Waals surface area contributed by atoms with Crippen molar-refractivity contribution in [1.82, 2.24) is 0 Å². The molecule has 4 atom stereocenters. The smallest absolute Gasteiger partial charge is 0.0135 e. The second kappa shape index (κ2) is 3.46. The molecule has 0 bridgehead atoms. The van der Waals surface area contributed by atoms with Gasteiger partial charge in [0.25, 0.3) is 0 Å². The van der Waals surface area contributed by atoms with Crippen LogP contribution in [-0.4, -0.2) is 0 Å². The molecule has 0 spiro atoms. The number of allylic oxidation sites excluding steroid dienone is 8. The summed E-state index contributed by atoms with van der Waals surface area (Å²) in [7, 11) is 0. The van der Waals surface area contributed by atoms with E-state index in [0.717, 1.165) is 0 Å². The molecule has 3 aliphatic carbocycles. The Morgan fingerprint density at radius 2 is 1.69 bits per heavy atom. The highest BCUT2D eigenvalue weighted by Crippen LogP contribution is 2.58. The van der Waals surface area contributed by atoms with Crippen molar-refractivity contribution in [3.63, 3.8) is 0 Å². The average molecular weight is 277 g/mol. The van der Waals surface area contributed by atoms with Gasteiger partial charge in [-0.1, -0.05) is 72.3 Å². The van der Waals surface area contributed by atoms with Gasteiger partial charge in [-0.15, -0.1) is 0 Å². The minimum atomic E-state index is 0.361. The quantitative estimate of drug-likeness (QED) is 0.613. The molecule has 3 rings (SSSR count). The first kappa shape index (κ1) is 10.6. The van der Waals surface area contributed by atoms with Crippen LogP contribution in [0.5, 0.6) is 0 Å². The zero-order valence-electron chi connectivity index (χ0n) is 9.73. The molecule has 0 aromatic rings. The van der Waals surface area contributed by atoms with Gasteiger partial charge in [0.1, 0.15) is 0 Å². The van der Waals surface area contributed by atoms with Crippen molar-refractivity contribution in [3.05, 3.63) is 47.0 Å². The van der Waals surface area contributed by atoms with Crippen molar-refractivity contribution in [3.8, 4) is 0 Å². The summed E-state index contributed by atoms with van der Waals surface area (Å²) in [6.45, 7) is 4.82. The number of hydrogen-bond acceptors (Lipinski definition) is 0. The minimum absolute atomic E-state index is 0.361. The van der Waals surface area contributed by atoms with E-state index >= 15 is 0 Å². The van der Waals surface area contributed by atoms with E-state index in [4.69, 9.17) is 0 Å². The van der Waals surface area contributed by atoms with Crippen LogP contribution in [0.2, 0.25) is 0 Å². The van der Waals surface area contributed by atoms with Crippen molar-refractivity contribution in [2.24, 2.45) is 29.1 Å². The number of fused-ring (bicyclic) bond motifs is 3. The number of hydrogen-bond donors (Lipinski definition) is 0. The monoisotopic (exact) mass is 276 g/mol. The third kappa shape index (κ3) is 1.34. The van der Waals surface area contributed by atoms with Crippen LogP contribution in [0.15, 0.2) is 47.0 Å². The lowest BCUT2D eigenvalue weighted by atomic mass is 9.72. The van der Waals surface area contributed by atoms with Gasteiger partial charge in [-0.2, -0.15) is 0 Å². The van der Waals surface area contributed by atoms with Gasteiger partial charge >= 0.3 is 0 Å². The van der Waals surface area contributed by atoms with Crippen molar-refractivity contribution in [1.29, 1.82) is 0 Å². The van der Waals surface area contributed by atoms with Gasteiger partial charge < -0.3 is 0 Å². The molecule has 0 N–H and O–H groups in total. The molecule has 3 aliphatic rings. The molecule has 0 radical (unpaired) electrons. The Hall–Kier alpha value is -0.560. The first-order valence-corrected chi connectivity index (χ1v) is 6.80. The van der Waals surface area contributed by atoms with Crippen molar-refractivity contribution >= 4 is 15.9 Å². The second-order valence-electron chi connectivity index (χ2n) is 5.71. The standard InChI is InChI=1S/C15H17Br/c1-15(2)13-6-4-3-5-11(13)12-8-7-10(16)9-14(12)15/h3-9,11-14H,1-2H3. The van der Waals surface area contributed by atoms with E-state index < -0.39 is 0 Å². The van der Waals surface area contributed by atoms with Crippen LogP contribution in [0.25, 0.3) is 0 Å². The molecule has 0 nitrogen and oxygen atoms in total. The molecule has 0 saturated heterocycles. The summed E-state index contributed by atoms with van der Waals surface area (Å²) in [5.41, 5.74) is 0.361. The summed E-state index contributed by atoms with van der Waals surface area (Å²) >= 11 is 3.61. The van der Waals surface area contributed by atoms with E-state index in [2.05, 4.69) is 72.3 Å². The maximum Gasteiger partial charge on any atom is 0.0135 e. The summed E-state index contributed by atoms with van der Waals surface area (Å²) < 4.78 is 1.24. The lowest BCUT2D eigenvalue weighted by Gasteiger charge is -2.32. The fraction of sp³-hybridized carbons (Fsp3) is 0.467. The van der Waals surface area contributed by atoms with E-state index in [-0.39, 0.29) is 0 Å². The van der Waals surface area contributed by atoms with Crippen LogP contribution < -0.4 is 0 Å². The Balaban J connectivity index is 2.07. The van der Waals surface area contributed by atoms with E-state index in [1.165, 1.54) is 4.48 Å². The molecule has 0 amide bonds.